The van der Waals surface area contributed by atoms with Crippen molar-refractivity contribution in [3.8, 4) is 0 Å². The normalized spacial score (nSPS) is 21.4. The van der Waals surface area contributed by atoms with E-state index in [1.165, 1.54) is 0 Å². The summed E-state index contributed by atoms with van der Waals surface area (Å²) in [5, 5.41) is -0.987. The Hall–Kier alpha value is -1.20. The largest absolute Gasteiger partial charge is 0.285 e. The highest BCUT2D eigenvalue weighted by Crippen LogP contribution is 2.33. The third-order valence-electron chi connectivity index (χ3n) is 2.63. The van der Waals surface area contributed by atoms with Crippen molar-refractivity contribution in [2.75, 3.05) is 0 Å². The minimum atomic E-state index is -4.13. The molecule has 0 amide bonds. The van der Waals surface area contributed by atoms with Crippen LogP contribution in [0.25, 0.3) is 0 Å². The molecule has 0 spiro atoms. The number of rotatable bonds is 4. The van der Waals surface area contributed by atoms with Gasteiger partial charge in [-0.15, -0.1) is 0 Å². The Labute approximate surface area is 94.8 Å². The smallest absolute Gasteiger partial charge is 0.277 e. The molecule has 5 heteroatoms. The first-order valence-electron chi connectivity index (χ1n) is 5.13. The summed E-state index contributed by atoms with van der Waals surface area (Å²) in [5.74, 6) is 0. The predicted molar refractivity (Wildman–Crippen MR) is 62.2 cm³/mol. The molecule has 0 fully saturated rings. The van der Waals surface area contributed by atoms with E-state index in [9.17, 15) is 13.0 Å². The van der Waals surface area contributed by atoms with Crippen molar-refractivity contribution in [3.63, 3.8) is 0 Å². The second kappa shape index (κ2) is 3.99. The molecule has 1 N–H and O–H groups in total. The molecule has 86 valence electrons. The van der Waals surface area contributed by atoms with Crippen molar-refractivity contribution in [1.82, 2.24) is 0 Å². The minimum absolute atomic E-state index is 0.0212. The summed E-state index contributed by atoms with van der Waals surface area (Å²) >= 11 is 0. The lowest BCUT2D eigenvalue weighted by Gasteiger charge is -2.10. The Morgan fingerprint density at radius 1 is 1.38 bits per heavy atom. The highest BCUT2D eigenvalue weighted by Gasteiger charge is 2.41. The van der Waals surface area contributed by atoms with Gasteiger partial charge in [0.1, 0.15) is 0 Å². The van der Waals surface area contributed by atoms with Crippen LogP contribution in [0.5, 0.6) is 0 Å². The van der Waals surface area contributed by atoms with Crippen molar-refractivity contribution in [3.05, 3.63) is 35.9 Å². The Morgan fingerprint density at radius 2 is 2.00 bits per heavy atom. The Balaban J connectivity index is 2.35. The lowest BCUT2D eigenvalue weighted by atomic mass is 10.1. The van der Waals surface area contributed by atoms with Crippen LogP contribution in [-0.2, 0) is 10.1 Å². The van der Waals surface area contributed by atoms with Crippen LogP contribution in [0.2, 0.25) is 0 Å². The Bertz CT molecular complexity index is 507. The molecule has 2 unspecified atom stereocenters. The fourth-order valence-corrected chi connectivity index (χ4v) is 2.83. The summed E-state index contributed by atoms with van der Waals surface area (Å²) in [4.78, 5) is 4.09. The number of nitrogens with zero attached hydrogens (tertiary/aromatic N) is 1. The molecule has 0 saturated heterocycles. The van der Waals surface area contributed by atoms with E-state index in [-0.39, 0.29) is 6.04 Å². The first-order chi connectivity index (χ1) is 7.54. The van der Waals surface area contributed by atoms with Crippen molar-refractivity contribution in [2.45, 2.75) is 24.6 Å². The minimum Gasteiger partial charge on any atom is -0.285 e. The average Bonchev–Trinajstić information content (AvgIpc) is 2.97. The summed E-state index contributed by atoms with van der Waals surface area (Å²) in [5.41, 5.74) is 1.14. The van der Waals surface area contributed by atoms with E-state index in [2.05, 4.69) is 4.99 Å². The first-order valence-corrected chi connectivity index (χ1v) is 6.63. The molecule has 0 bridgehead atoms. The van der Waals surface area contributed by atoms with Gasteiger partial charge in [0.05, 0.1) is 11.8 Å². The number of hydrogen-bond donors (Lipinski definition) is 1. The molecule has 0 saturated carbocycles. The molecule has 2 rings (SSSR count). The lowest BCUT2D eigenvalue weighted by molar-refractivity contribution is 0.479. The summed E-state index contributed by atoms with van der Waals surface area (Å²) in [6.45, 7) is 1.94. The molecule has 16 heavy (non-hydrogen) atoms. The lowest BCUT2D eigenvalue weighted by Crippen LogP contribution is -2.19. The van der Waals surface area contributed by atoms with Gasteiger partial charge in [-0.25, -0.2) is 0 Å². The van der Waals surface area contributed by atoms with Gasteiger partial charge in [0.2, 0.25) is 0 Å². The van der Waals surface area contributed by atoms with E-state index < -0.39 is 15.4 Å². The second-order valence-corrected chi connectivity index (χ2v) is 5.29. The molecule has 1 aliphatic heterocycles. The summed E-state index contributed by atoms with van der Waals surface area (Å²) < 4.78 is 31.9. The molecule has 0 aliphatic carbocycles. The SMILES string of the molecule is CCC1N=C1C(c1ccccc1)S(=O)(=O)O. The summed E-state index contributed by atoms with van der Waals surface area (Å²) in [6, 6.07) is 8.65. The first kappa shape index (κ1) is 11.3. The zero-order chi connectivity index (χ0) is 11.8. The van der Waals surface area contributed by atoms with Crippen molar-refractivity contribution in [2.24, 2.45) is 4.99 Å². The molecule has 0 aromatic heterocycles. The van der Waals surface area contributed by atoms with Gasteiger partial charge in [-0.3, -0.25) is 9.55 Å². The fraction of sp³-hybridized carbons (Fsp3) is 0.364. The number of aliphatic imine (C=N–C) groups is 1. The third kappa shape index (κ3) is 2.15. The van der Waals surface area contributed by atoms with Gasteiger partial charge in [-0.05, 0) is 12.0 Å². The molecule has 4 nitrogen and oxygen atoms in total. The van der Waals surface area contributed by atoms with Crippen LogP contribution >= 0.6 is 0 Å². The van der Waals surface area contributed by atoms with E-state index in [0.717, 1.165) is 6.42 Å². The van der Waals surface area contributed by atoms with Gasteiger partial charge < -0.3 is 0 Å². The maximum Gasteiger partial charge on any atom is 0.277 e. The highest BCUT2D eigenvalue weighted by atomic mass is 32.2. The van der Waals surface area contributed by atoms with Crippen LogP contribution in [-0.4, -0.2) is 24.7 Å². The molecule has 1 aromatic rings. The number of benzene rings is 1. The van der Waals surface area contributed by atoms with Crippen LogP contribution < -0.4 is 0 Å². The van der Waals surface area contributed by atoms with E-state index in [0.29, 0.717) is 11.3 Å². The Morgan fingerprint density at radius 3 is 2.44 bits per heavy atom. The fourth-order valence-electron chi connectivity index (χ4n) is 1.81. The van der Waals surface area contributed by atoms with Crippen molar-refractivity contribution in [1.29, 1.82) is 0 Å². The topological polar surface area (TPSA) is 66.7 Å². The zero-order valence-electron chi connectivity index (χ0n) is 8.87. The van der Waals surface area contributed by atoms with Gasteiger partial charge >= 0.3 is 0 Å². The third-order valence-corrected chi connectivity index (χ3v) is 3.74. The van der Waals surface area contributed by atoms with E-state index in [1.54, 1.807) is 30.3 Å². The molecular weight excluding hydrogens is 226 g/mol. The van der Waals surface area contributed by atoms with E-state index in [4.69, 9.17) is 0 Å². The molecule has 0 radical (unpaired) electrons. The molecule has 2 atom stereocenters. The second-order valence-electron chi connectivity index (χ2n) is 3.78. The molecule has 1 aromatic carbocycles. The van der Waals surface area contributed by atoms with Crippen LogP contribution in [0.3, 0.4) is 0 Å². The quantitative estimate of drug-likeness (QED) is 0.815. The van der Waals surface area contributed by atoms with Gasteiger partial charge in [0.25, 0.3) is 10.1 Å². The van der Waals surface area contributed by atoms with Gasteiger partial charge in [-0.2, -0.15) is 8.42 Å². The predicted octanol–water partition coefficient (Wildman–Crippen LogP) is 1.85. The van der Waals surface area contributed by atoms with Crippen LogP contribution in [0.15, 0.2) is 35.3 Å². The Kier molecular flexibility index (Phi) is 2.82. The average molecular weight is 239 g/mol. The molecular formula is C11H13NO3S. The van der Waals surface area contributed by atoms with Gasteiger partial charge in [-0.1, -0.05) is 37.3 Å². The monoisotopic (exact) mass is 239 g/mol. The summed E-state index contributed by atoms with van der Waals surface area (Å²) in [6.07, 6.45) is 0.772. The maximum absolute atomic E-state index is 11.3. The number of hydrogen-bond acceptors (Lipinski definition) is 3. The molecule has 1 aliphatic rings. The van der Waals surface area contributed by atoms with Crippen LogP contribution in [0, 0.1) is 0 Å². The van der Waals surface area contributed by atoms with E-state index >= 15 is 0 Å². The van der Waals surface area contributed by atoms with E-state index in [1.807, 2.05) is 6.92 Å². The maximum atomic E-state index is 11.3. The van der Waals surface area contributed by atoms with Gasteiger partial charge in [0, 0.05) is 0 Å². The van der Waals surface area contributed by atoms with Crippen molar-refractivity contribution >= 4 is 15.8 Å². The van der Waals surface area contributed by atoms with Crippen LogP contribution in [0.1, 0.15) is 24.2 Å². The summed E-state index contributed by atoms with van der Waals surface area (Å²) in [7, 11) is -4.13. The highest BCUT2D eigenvalue weighted by molar-refractivity contribution is 7.86. The molecule has 1 heterocycles. The van der Waals surface area contributed by atoms with Crippen LogP contribution in [0.4, 0.5) is 0 Å². The standard InChI is InChI=1S/C11H13NO3S/c1-2-9-10(12-9)11(16(13,14)15)8-6-4-3-5-7-8/h3-7,9,11H,2H2,1H3,(H,13,14,15). The zero-order valence-corrected chi connectivity index (χ0v) is 9.68. The van der Waals surface area contributed by atoms with Crippen molar-refractivity contribution < 1.29 is 13.0 Å². The van der Waals surface area contributed by atoms with Gasteiger partial charge in [0.15, 0.2) is 5.25 Å².